The van der Waals surface area contributed by atoms with Crippen molar-refractivity contribution in [1.82, 2.24) is 5.32 Å². The minimum absolute atomic E-state index is 0.475. The maximum Gasteiger partial charge on any atom is 0.0268 e. The Morgan fingerprint density at radius 1 is 1.55 bits per heavy atom. The van der Waals surface area contributed by atoms with Crippen LogP contribution in [0.2, 0.25) is 0 Å². The zero-order valence-electron chi connectivity index (χ0n) is 8.07. The molecule has 0 aromatic carbocycles. The van der Waals surface area contributed by atoms with Crippen LogP contribution in [0.1, 0.15) is 34.1 Å². The minimum atomic E-state index is 0.475. The predicted molar refractivity (Wildman–Crippen MR) is 51.5 cm³/mol. The van der Waals surface area contributed by atoms with Crippen molar-refractivity contribution in [2.45, 2.75) is 40.2 Å². The van der Waals surface area contributed by atoms with Crippen LogP contribution in [0.5, 0.6) is 0 Å². The van der Waals surface area contributed by atoms with Crippen LogP contribution in [0.25, 0.3) is 0 Å². The van der Waals surface area contributed by atoms with Crippen molar-refractivity contribution in [3.63, 3.8) is 0 Å². The van der Waals surface area contributed by atoms with Gasteiger partial charge in [0.2, 0.25) is 0 Å². The van der Waals surface area contributed by atoms with Gasteiger partial charge in [-0.3, -0.25) is 0 Å². The van der Waals surface area contributed by atoms with Gasteiger partial charge in [0.1, 0.15) is 0 Å². The molecule has 0 rings (SSSR count). The highest BCUT2D eigenvalue weighted by molar-refractivity contribution is 5.17. The fraction of sp³-hybridized carbons (Fsp3) is 0.600. The summed E-state index contributed by atoms with van der Waals surface area (Å²) < 4.78 is 0. The molecule has 0 fully saturated rings. The Morgan fingerprint density at radius 3 is 2.45 bits per heavy atom. The highest BCUT2D eigenvalue weighted by atomic mass is 14.9. The number of rotatable bonds is 4. The first-order valence-corrected chi connectivity index (χ1v) is 4.18. The number of nitrogens with one attached hydrogen (secondary N) is 1. The average Bonchev–Trinajstić information content (AvgIpc) is 1.85. The molecule has 11 heavy (non-hydrogen) atoms. The lowest BCUT2D eigenvalue weighted by Crippen LogP contribution is -2.20. The van der Waals surface area contributed by atoms with E-state index in [1.165, 1.54) is 5.57 Å². The van der Waals surface area contributed by atoms with E-state index in [0.717, 1.165) is 12.1 Å². The summed E-state index contributed by atoms with van der Waals surface area (Å²) in [6.07, 6.45) is 3.19. The summed E-state index contributed by atoms with van der Waals surface area (Å²) in [5.41, 5.74) is 2.38. The molecule has 0 saturated carbocycles. The smallest absolute Gasteiger partial charge is 0.0268 e. The van der Waals surface area contributed by atoms with Crippen LogP contribution in [-0.2, 0) is 0 Å². The van der Waals surface area contributed by atoms with E-state index >= 15 is 0 Å². The van der Waals surface area contributed by atoms with Crippen LogP contribution in [0.15, 0.2) is 23.9 Å². The van der Waals surface area contributed by atoms with Gasteiger partial charge in [-0.05, 0) is 33.3 Å². The molecule has 0 aliphatic carbocycles. The van der Waals surface area contributed by atoms with Crippen LogP contribution in [0, 0.1) is 0 Å². The van der Waals surface area contributed by atoms with Crippen LogP contribution < -0.4 is 5.32 Å². The molecule has 0 radical (unpaired) electrons. The zero-order valence-corrected chi connectivity index (χ0v) is 8.07. The molecule has 0 aliphatic heterocycles. The van der Waals surface area contributed by atoms with E-state index in [1.54, 1.807) is 0 Å². The third-order valence-corrected chi connectivity index (χ3v) is 1.45. The molecule has 1 nitrogen and oxygen atoms in total. The summed E-state index contributed by atoms with van der Waals surface area (Å²) >= 11 is 0. The van der Waals surface area contributed by atoms with E-state index in [1.807, 2.05) is 0 Å². The molecule has 0 aliphatic rings. The number of hydrogen-bond donors (Lipinski definition) is 1. The molecule has 0 bridgehead atoms. The Hall–Kier alpha value is -0.720. The van der Waals surface area contributed by atoms with E-state index in [4.69, 9.17) is 0 Å². The molecule has 0 aromatic rings. The third kappa shape index (κ3) is 5.71. The molecule has 0 amide bonds. The average molecular weight is 153 g/mol. The zero-order chi connectivity index (χ0) is 8.85. The fourth-order valence-corrected chi connectivity index (χ4v) is 0.812. The summed E-state index contributed by atoms with van der Waals surface area (Å²) in [4.78, 5) is 0. The highest BCUT2D eigenvalue weighted by Gasteiger charge is 1.92. The van der Waals surface area contributed by atoms with Gasteiger partial charge in [0.05, 0.1) is 0 Å². The van der Waals surface area contributed by atoms with Crippen LogP contribution in [0.4, 0.5) is 0 Å². The van der Waals surface area contributed by atoms with Gasteiger partial charge in [-0.2, -0.15) is 0 Å². The first-order chi connectivity index (χ1) is 5.06. The standard InChI is InChI=1S/C10H19N/c1-6-9(4)7-10(5)11-8(2)3/h7-8,11H,5-6H2,1-4H3/b9-7+. The molecule has 1 heteroatoms. The van der Waals surface area contributed by atoms with Gasteiger partial charge in [-0.1, -0.05) is 19.1 Å². The summed E-state index contributed by atoms with van der Waals surface area (Å²) in [6.45, 7) is 12.4. The first-order valence-electron chi connectivity index (χ1n) is 4.18. The van der Waals surface area contributed by atoms with Gasteiger partial charge in [0.25, 0.3) is 0 Å². The number of hydrogen-bond acceptors (Lipinski definition) is 1. The van der Waals surface area contributed by atoms with Crippen molar-refractivity contribution < 1.29 is 0 Å². The van der Waals surface area contributed by atoms with Crippen molar-refractivity contribution in [3.05, 3.63) is 23.9 Å². The van der Waals surface area contributed by atoms with Crippen molar-refractivity contribution in [2.75, 3.05) is 0 Å². The quantitative estimate of drug-likeness (QED) is 0.612. The molecule has 0 atom stereocenters. The molecule has 64 valence electrons. The second-order valence-corrected chi connectivity index (χ2v) is 3.17. The normalized spacial score (nSPS) is 11.9. The van der Waals surface area contributed by atoms with Gasteiger partial charge < -0.3 is 5.32 Å². The number of allylic oxidation sites excluding steroid dienone is 2. The molecular formula is C10H19N. The summed E-state index contributed by atoms with van der Waals surface area (Å²) in [7, 11) is 0. The Kier molecular flexibility index (Phi) is 4.67. The lowest BCUT2D eigenvalue weighted by atomic mass is 10.2. The SMILES string of the molecule is C=C(/C=C(\C)CC)NC(C)C. The molecular weight excluding hydrogens is 134 g/mol. The summed E-state index contributed by atoms with van der Waals surface area (Å²) in [5, 5.41) is 3.24. The topological polar surface area (TPSA) is 12.0 Å². The highest BCUT2D eigenvalue weighted by Crippen LogP contribution is 2.01. The van der Waals surface area contributed by atoms with Gasteiger partial charge in [0, 0.05) is 11.7 Å². The van der Waals surface area contributed by atoms with Crippen molar-refractivity contribution in [1.29, 1.82) is 0 Å². The third-order valence-electron chi connectivity index (χ3n) is 1.45. The van der Waals surface area contributed by atoms with E-state index in [9.17, 15) is 0 Å². The monoisotopic (exact) mass is 153 g/mol. The van der Waals surface area contributed by atoms with Crippen molar-refractivity contribution >= 4 is 0 Å². The minimum Gasteiger partial charge on any atom is -0.383 e. The van der Waals surface area contributed by atoms with E-state index < -0.39 is 0 Å². The maximum absolute atomic E-state index is 3.90. The lowest BCUT2D eigenvalue weighted by Gasteiger charge is -2.09. The molecule has 1 N–H and O–H groups in total. The molecule has 0 spiro atoms. The van der Waals surface area contributed by atoms with E-state index in [2.05, 4.69) is 45.7 Å². The Balaban J connectivity index is 3.86. The van der Waals surface area contributed by atoms with Gasteiger partial charge in [-0.15, -0.1) is 0 Å². The van der Waals surface area contributed by atoms with Gasteiger partial charge >= 0.3 is 0 Å². The van der Waals surface area contributed by atoms with Gasteiger partial charge in [0.15, 0.2) is 0 Å². The first kappa shape index (κ1) is 10.3. The Bertz CT molecular complexity index is 154. The van der Waals surface area contributed by atoms with Gasteiger partial charge in [-0.25, -0.2) is 0 Å². The second kappa shape index (κ2) is 5.00. The van der Waals surface area contributed by atoms with E-state index in [-0.39, 0.29) is 0 Å². The van der Waals surface area contributed by atoms with E-state index in [0.29, 0.717) is 6.04 Å². The molecule has 0 unspecified atom stereocenters. The van der Waals surface area contributed by atoms with Crippen LogP contribution in [0.3, 0.4) is 0 Å². The van der Waals surface area contributed by atoms with Crippen LogP contribution >= 0.6 is 0 Å². The van der Waals surface area contributed by atoms with Crippen molar-refractivity contribution in [3.8, 4) is 0 Å². The van der Waals surface area contributed by atoms with Crippen molar-refractivity contribution in [2.24, 2.45) is 0 Å². The second-order valence-electron chi connectivity index (χ2n) is 3.17. The Morgan fingerprint density at radius 2 is 2.09 bits per heavy atom. The fourth-order valence-electron chi connectivity index (χ4n) is 0.812. The summed E-state index contributed by atoms with van der Waals surface area (Å²) in [5.74, 6) is 0. The maximum atomic E-state index is 3.90. The molecule has 0 aromatic heterocycles. The molecule has 0 heterocycles. The predicted octanol–water partition coefficient (Wildman–Crippen LogP) is 2.85. The van der Waals surface area contributed by atoms with Crippen LogP contribution in [-0.4, -0.2) is 6.04 Å². The summed E-state index contributed by atoms with van der Waals surface area (Å²) in [6, 6.07) is 0.475. The molecule has 0 saturated heterocycles. The largest absolute Gasteiger partial charge is 0.383 e. The Labute approximate surface area is 70.2 Å². The lowest BCUT2D eigenvalue weighted by molar-refractivity contribution is 0.682.